The van der Waals surface area contributed by atoms with E-state index in [1.165, 1.54) is 0 Å². The van der Waals surface area contributed by atoms with Crippen molar-refractivity contribution in [3.05, 3.63) is 0 Å². The average molecular weight is 869 g/mol. The molecule has 8 unspecified atom stereocenters. The molecule has 0 aliphatic carbocycles. The van der Waals surface area contributed by atoms with E-state index in [1.807, 2.05) is 0 Å². The van der Waals surface area contributed by atoms with Crippen LogP contribution in [0.1, 0.15) is 14.9 Å². The zero-order valence-corrected chi connectivity index (χ0v) is 38.3. The molecular formula is C28H44N2Na4O23. The van der Waals surface area contributed by atoms with E-state index in [2.05, 4.69) is 0 Å². The van der Waals surface area contributed by atoms with Crippen LogP contribution in [0.5, 0.6) is 0 Å². The summed E-state index contributed by atoms with van der Waals surface area (Å²) >= 11 is 0. The van der Waals surface area contributed by atoms with Crippen LogP contribution >= 0.6 is 0 Å². The summed E-state index contributed by atoms with van der Waals surface area (Å²) in [5.74, 6) is -8.20. The molecule has 4 saturated heterocycles. The van der Waals surface area contributed by atoms with E-state index in [4.69, 9.17) is 54.1 Å². The number of aliphatic carboxylic acids is 4. The molecule has 4 aliphatic rings. The Hall–Kier alpha value is 1.20. The fraction of sp³-hybridized carbons (Fsp3) is 0.857. The number of hydrogen-bond acceptors (Lipinski definition) is 25. The number of methoxy groups -OCH3 is 2. The Morgan fingerprint density at radius 3 is 1.04 bits per heavy atom. The predicted octanol–water partition coefficient (Wildman–Crippen LogP) is -24.2. The smallest absolute Gasteiger partial charge is 0.547 e. The summed E-state index contributed by atoms with van der Waals surface area (Å²) in [5, 5.41) is 111. The van der Waals surface area contributed by atoms with Crippen LogP contribution in [-0.4, -0.2) is 191 Å². The number of nitrogens with two attached hydrogens (primary N) is 2. The Balaban J connectivity index is -0.00000486. The maximum atomic E-state index is 12.1. The molecule has 10 N–H and O–H groups in total. The van der Waals surface area contributed by atoms with E-state index in [-0.39, 0.29) is 133 Å². The Morgan fingerprint density at radius 2 is 0.702 bits per heavy atom. The summed E-state index contributed by atoms with van der Waals surface area (Å²) in [6.45, 7) is 0. The van der Waals surface area contributed by atoms with Crippen molar-refractivity contribution >= 4 is 23.9 Å². The van der Waals surface area contributed by atoms with Gasteiger partial charge in [-0.1, -0.05) is 14.9 Å². The number of rotatable bonds is 12. The topological polar surface area (TPSA) is 417 Å². The zero-order valence-electron chi connectivity index (χ0n) is 30.3. The number of aliphatic hydroxyl groups is 6. The van der Waals surface area contributed by atoms with E-state index in [0.717, 1.165) is 14.2 Å². The quantitative estimate of drug-likeness (QED) is 0.0844. The Labute approximate surface area is 414 Å². The van der Waals surface area contributed by atoms with Crippen LogP contribution in [-0.2, 0) is 61.8 Å². The molecule has 4 rings (SSSR count). The third kappa shape index (κ3) is 13.6. The molecule has 4 heterocycles. The van der Waals surface area contributed by atoms with Crippen LogP contribution in [0.25, 0.3) is 0 Å². The molecule has 57 heavy (non-hydrogen) atoms. The summed E-state index contributed by atoms with van der Waals surface area (Å²) in [4.78, 5) is 47.4. The maximum Gasteiger partial charge on any atom is 1.00 e. The molecule has 0 bridgehead atoms. The summed E-state index contributed by atoms with van der Waals surface area (Å²) in [7, 11) is 2.06. The van der Waals surface area contributed by atoms with Crippen molar-refractivity contribution in [2.45, 2.75) is 138 Å². The first-order chi connectivity index (χ1) is 23.9. The van der Waals surface area contributed by atoms with Crippen molar-refractivity contribution in [3.63, 3.8) is 0 Å². The molecule has 0 aromatic carbocycles. The fourth-order valence-electron chi connectivity index (χ4n) is 5.92. The van der Waals surface area contributed by atoms with Gasteiger partial charge in [-0.2, -0.15) is 0 Å². The van der Waals surface area contributed by atoms with Gasteiger partial charge in [0.25, 0.3) is 0 Å². The Bertz CT molecular complexity index is 1280. The second-order valence-electron chi connectivity index (χ2n) is 11.8. The number of hydrogen-bond donors (Lipinski definition) is 8. The molecule has 0 radical (unpaired) electrons. The van der Waals surface area contributed by atoms with Crippen LogP contribution in [0.3, 0.4) is 0 Å². The van der Waals surface area contributed by atoms with Gasteiger partial charge in [-0.25, -0.2) is 0 Å². The molecule has 4 aliphatic heterocycles. The first kappa shape index (κ1) is 62.5. The van der Waals surface area contributed by atoms with E-state index >= 15 is 0 Å². The second kappa shape index (κ2) is 26.7. The minimum absolute atomic E-state index is 0. The normalized spacial score (nSPS) is 42.7. The van der Waals surface area contributed by atoms with Crippen molar-refractivity contribution in [2.24, 2.45) is 11.5 Å². The minimum Gasteiger partial charge on any atom is -0.547 e. The van der Waals surface area contributed by atoms with Crippen molar-refractivity contribution in [1.29, 1.82) is 0 Å². The van der Waals surface area contributed by atoms with Gasteiger partial charge in [-0.15, -0.1) is 0 Å². The number of carbonyl (C=O) groups is 4. The molecular weight excluding hydrogens is 824 g/mol. The molecule has 0 amide bonds. The molecule has 0 aromatic rings. The van der Waals surface area contributed by atoms with E-state index in [1.54, 1.807) is 0 Å². The van der Waals surface area contributed by atoms with E-state index in [9.17, 15) is 70.2 Å². The molecule has 4 fully saturated rings. The maximum absolute atomic E-state index is 12.1. The van der Waals surface area contributed by atoms with Crippen LogP contribution < -0.4 is 150 Å². The number of carbonyl (C=O) groups excluding carboxylic acids is 4. The van der Waals surface area contributed by atoms with Gasteiger partial charge in [-0.3, -0.25) is 0 Å². The van der Waals surface area contributed by atoms with Crippen molar-refractivity contribution in [1.82, 2.24) is 0 Å². The Morgan fingerprint density at radius 1 is 0.439 bits per heavy atom. The third-order valence-electron chi connectivity index (χ3n) is 8.65. The molecule has 0 aromatic heterocycles. The monoisotopic (exact) mass is 868 g/mol. The van der Waals surface area contributed by atoms with Crippen molar-refractivity contribution in [2.75, 3.05) is 14.2 Å². The third-order valence-corrected chi connectivity index (χ3v) is 8.65. The largest absolute Gasteiger partial charge is 1.00 e. The fourth-order valence-corrected chi connectivity index (χ4v) is 5.92. The first-order valence-electron chi connectivity index (χ1n) is 14.9. The number of carboxylic acid groups (broad SMARTS) is 4. The summed E-state index contributed by atoms with van der Waals surface area (Å²) < 4.78 is 46.2. The van der Waals surface area contributed by atoms with Gasteiger partial charge >= 0.3 is 118 Å². The molecule has 0 spiro atoms. The van der Waals surface area contributed by atoms with Gasteiger partial charge in [0.2, 0.25) is 0 Å². The minimum atomic E-state index is -2.48. The van der Waals surface area contributed by atoms with Crippen LogP contribution in [0, 0.1) is 0 Å². The molecule has 0 saturated carbocycles. The van der Waals surface area contributed by atoms with Crippen molar-refractivity contribution in [3.8, 4) is 0 Å². The zero-order chi connectivity index (χ0) is 38.2. The van der Waals surface area contributed by atoms with Crippen LogP contribution in [0.4, 0.5) is 0 Å². The summed E-state index contributed by atoms with van der Waals surface area (Å²) in [6.07, 6.45) is -38.4. The van der Waals surface area contributed by atoms with Gasteiger partial charge in [-0.05, 0) is 0 Å². The predicted molar refractivity (Wildman–Crippen MR) is 153 cm³/mol. The van der Waals surface area contributed by atoms with Gasteiger partial charge in [0.1, 0.15) is 85.5 Å². The summed E-state index contributed by atoms with van der Waals surface area (Å²) in [6, 6.07) is -3.30. The molecule has 20 atom stereocenters. The number of aliphatic hydroxyl groups excluding tert-OH is 6. The molecule has 29 heteroatoms. The molecule has 308 valence electrons. The van der Waals surface area contributed by atoms with E-state index in [0.29, 0.717) is 0 Å². The van der Waals surface area contributed by atoms with Gasteiger partial charge in [0, 0.05) is 14.2 Å². The average Bonchev–Trinajstić information content (AvgIpc) is 3.07. The number of ether oxygens (including phenoxy) is 9. The summed E-state index contributed by atoms with van der Waals surface area (Å²) in [5.41, 5.74) is 11.8. The second-order valence-corrected chi connectivity index (χ2v) is 11.8. The van der Waals surface area contributed by atoms with Gasteiger partial charge in [0.15, 0.2) is 25.2 Å². The van der Waals surface area contributed by atoms with Crippen LogP contribution in [0.2, 0.25) is 0 Å². The Kier molecular flexibility index (Phi) is 29.3. The number of carboxylic acids is 4. The standard InChI is InChI=1S/C26H40N2O23.2CH4.4Na/c1-43-11-7(31)9(33)25(50-15(11)19(35)36)47-14-8(32)10(34)26(51-18(14)22(41)42)46-13-6(30)4(28)24(49-17(13)21(39)40)45-12-5(29)3(27)23(44-2)48-16(12)20(37)38;;;;;;/h3-18,23-26,29-34H,27-28H2,1-2H3,(H,35,36)(H,37,38)(H,39,40)(H,41,42);2*1H4;;;;/q;;;4*+1/p-4/t3?,4?,5-,6+,7?,8?,9-,10?,11-,12+,13-,14-,15?,16?,17?,18+,23-,24+,25+,26+;;;;;;/m0....../s1. The van der Waals surface area contributed by atoms with Gasteiger partial charge in [0.05, 0.1) is 36.0 Å². The van der Waals surface area contributed by atoms with Gasteiger partial charge < -0.3 is 124 Å². The van der Waals surface area contributed by atoms with Crippen molar-refractivity contribution < 1.29 is 231 Å². The molecule has 25 nitrogen and oxygen atoms in total. The van der Waals surface area contributed by atoms with E-state index < -0.39 is 147 Å². The SMILES string of the molecule is C.C.CO[C@H]1OC(C(=O)[O-])[C@H](O[C@@H]2OC(C(=O)[O-])[C@@H](O[C@@H]3O[C@@H](C(=O)[O-])[C@@H](O[C@@H]4OC(C(=O)[O-])[C@@H](OC)C(O)[C@@H]4O)C(O)C3O)[C@H](O)C2N)[C@@H](O)C1N.[Na+].[Na+].[Na+].[Na+]. The first-order valence-corrected chi connectivity index (χ1v) is 14.9. The van der Waals surface area contributed by atoms with Crippen LogP contribution in [0.15, 0.2) is 0 Å².